The summed E-state index contributed by atoms with van der Waals surface area (Å²) < 4.78 is 0. The normalized spacial score (nSPS) is 23.9. The van der Waals surface area contributed by atoms with Crippen LogP contribution < -0.4 is 11.1 Å². The van der Waals surface area contributed by atoms with Crippen LogP contribution in [0.3, 0.4) is 0 Å². The molecule has 3 N–H and O–H groups in total. The zero-order chi connectivity index (χ0) is 15.2. The highest BCUT2D eigenvalue weighted by Crippen LogP contribution is 2.27. The van der Waals surface area contributed by atoms with Crippen LogP contribution in [0.4, 0.5) is 0 Å². The van der Waals surface area contributed by atoms with Crippen molar-refractivity contribution in [3.05, 3.63) is 0 Å². The van der Waals surface area contributed by atoms with Gasteiger partial charge in [0.15, 0.2) is 0 Å². The SMILES string of the molecule is CCN(CC(=O)NC(C)(C)CC)C1CCCCC1CN. The van der Waals surface area contributed by atoms with E-state index in [0.717, 1.165) is 19.5 Å². The molecule has 4 heteroatoms. The van der Waals surface area contributed by atoms with E-state index in [2.05, 4.69) is 37.9 Å². The summed E-state index contributed by atoms with van der Waals surface area (Å²) in [6.07, 6.45) is 5.88. The van der Waals surface area contributed by atoms with E-state index in [1.54, 1.807) is 0 Å². The van der Waals surface area contributed by atoms with E-state index >= 15 is 0 Å². The molecule has 1 fully saturated rings. The van der Waals surface area contributed by atoms with Gasteiger partial charge in [0.25, 0.3) is 0 Å². The summed E-state index contributed by atoms with van der Waals surface area (Å²) in [7, 11) is 0. The average molecular weight is 283 g/mol. The van der Waals surface area contributed by atoms with Crippen molar-refractivity contribution in [1.82, 2.24) is 10.2 Å². The molecule has 0 radical (unpaired) electrons. The number of amides is 1. The molecule has 4 nitrogen and oxygen atoms in total. The van der Waals surface area contributed by atoms with Gasteiger partial charge >= 0.3 is 0 Å². The van der Waals surface area contributed by atoms with Crippen molar-refractivity contribution in [3.8, 4) is 0 Å². The number of carbonyl (C=O) groups excluding carboxylic acids is 1. The van der Waals surface area contributed by atoms with Gasteiger partial charge in [-0.2, -0.15) is 0 Å². The summed E-state index contributed by atoms with van der Waals surface area (Å²) in [6.45, 7) is 10.5. The minimum Gasteiger partial charge on any atom is -0.350 e. The lowest BCUT2D eigenvalue weighted by atomic mass is 9.83. The maximum Gasteiger partial charge on any atom is 0.234 e. The van der Waals surface area contributed by atoms with Crippen molar-refractivity contribution in [3.63, 3.8) is 0 Å². The predicted octanol–water partition coefficient (Wildman–Crippen LogP) is 2.13. The summed E-state index contributed by atoms with van der Waals surface area (Å²) >= 11 is 0. The van der Waals surface area contributed by atoms with E-state index < -0.39 is 0 Å². The lowest BCUT2D eigenvalue weighted by Gasteiger charge is -2.39. The van der Waals surface area contributed by atoms with Crippen LogP contribution in [0.25, 0.3) is 0 Å². The van der Waals surface area contributed by atoms with Crippen LogP contribution in [-0.2, 0) is 4.79 Å². The zero-order valence-electron chi connectivity index (χ0n) is 13.7. The Labute approximate surface area is 124 Å². The van der Waals surface area contributed by atoms with Gasteiger partial charge in [-0.1, -0.05) is 26.7 Å². The molecule has 118 valence electrons. The fraction of sp³-hybridized carbons (Fsp3) is 0.938. The molecular weight excluding hydrogens is 250 g/mol. The molecule has 2 atom stereocenters. The number of hydrogen-bond donors (Lipinski definition) is 2. The maximum absolute atomic E-state index is 12.2. The van der Waals surface area contributed by atoms with Gasteiger partial charge in [0.1, 0.15) is 0 Å². The summed E-state index contributed by atoms with van der Waals surface area (Å²) in [5, 5.41) is 3.13. The fourth-order valence-corrected chi connectivity index (χ4v) is 3.10. The smallest absolute Gasteiger partial charge is 0.234 e. The third-order valence-electron chi connectivity index (χ3n) is 4.76. The molecule has 0 aliphatic heterocycles. The first-order chi connectivity index (χ1) is 9.43. The number of hydrogen-bond acceptors (Lipinski definition) is 3. The lowest BCUT2D eigenvalue weighted by molar-refractivity contribution is -0.124. The largest absolute Gasteiger partial charge is 0.350 e. The number of nitrogens with zero attached hydrogens (tertiary/aromatic N) is 1. The van der Waals surface area contributed by atoms with Gasteiger partial charge in [0.2, 0.25) is 5.91 Å². The zero-order valence-corrected chi connectivity index (χ0v) is 13.7. The topological polar surface area (TPSA) is 58.4 Å². The molecule has 0 bridgehead atoms. The molecule has 0 heterocycles. The predicted molar refractivity (Wildman–Crippen MR) is 84.6 cm³/mol. The Morgan fingerprint density at radius 3 is 2.50 bits per heavy atom. The second-order valence-electron chi connectivity index (χ2n) is 6.70. The molecule has 1 amide bonds. The molecule has 0 aromatic carbocycles. The summed E-state index contributed by atoms with van der Waals surface area (Å²) in [5.41, 5.74) is 5.80. The van der Waals surface area contributed by atoms with Crippen LogP contribution >= 0.6 is 0 Å². The Hall–Kier alpha value is -0.610. The monoisotopic (exact) mass is 283 g/mol. The van der Waals surface area contributed by atoms with Crippen molar-refractivity contribution >= 4 is 5.91 Å². The van der Waals surface area contributed by atoms with Gasteiger partial charge in [0, 0.05) is 11.6 Å². The molecule has 0 spiro atoms. The average Bonchev–Trinajstić information content (AvgIpc) is 2.44. The van der Waals surface area contributed by atoms with Gasteiger partial charge in [-0.25, -0.2) is 0 Å². The van der Waals surface area contributed by atoms with Gasteiger partial charge in [-0.3, -0.25) is 9.69 Å². The first-order valence-electron chi connectivity index (χ1n) is 8.18. The second kappa shape index (κ2) is 7.99. The number of rotatable bonds is 7. The van der Waals surface area contributed by atoms with E-state index in [-0.39, 0.29) is 11.4 Å². The highest BCUT2D eigenvalue weighted by Gasteiger charge is 2.30. The van der Waals surface area contributed by atoms with Gasteiger partial charge in [-0.15, -0.1) is 0 Å². The molecule has 20 heavy (non-hydrogen) atoms. The molecule has 1 saturated carbocycles. The molecule has 1 rings (SSSR count). The van der Waals surface area contributed by atoms with E-state index in [1.807, 2.05) is 0 Å². The molecular formula is C16H33N3O. The van der Waals surface area contributed by atoms with E-state index in [0.29, 0.717) is 18.5 Å². The van der Waals surface area contributed by atoms with Crippen molar-refractivity contribution in [2.75, 3.05) is 19.6 Å². The maximum atomic E-state index is 12.2. The van der Waals surface area contributed by atoms with Gasteiger partial charge in [-0.05, 0) is 52.1 Å². The third kappa shape index (κ3) is 5.06. The summed E-state index contributed by atoms with van der Waals surface area (Å²) in [6, 6.07) is 0.481. The van der Waals surface area contributed by atoms with Crippen LogP contribution in [0.2, 0.25) is 0 Å². The molecule has 0 aromatic rings. The summed E-state index contributed by atoms with van der Waals surface area (Å²) in [4.78, 5) is 14.6. The van der Waals surface area contributed by atoms with Crippen LogP contribution in [0.15, 0.2) is 0 Å². The Kier molecular flexibility index (Phi) is 6.96. The molecule has 1 aliphatic carbocycles. The first-order valence-corrected chi connectivity index (χ1v) is 8.18. The minimum atomic E-state index is -0.115. The van der Waals surface area contributed by atoms with Crippen molar-refractivity contribution in [1.29, 1.82) is 0 Å². The lowest BCUT2D eigenvalue weighted by Crippen LogP contribution is -2.52. The first kappa shape index (κ1) is 17.4. The van der Waals surface area contributed by atoms with Gasteiger partial charge < -0.3 is 11.1 Å². The highest BCUT2D eigenvalue weighted by atomic mass is 16.2. The number of carbonyl (C=O) groups is 1. The standard InChI is InChI=1S/C16H33N3O/c1-5-16(3,4)18-15(20)12-19(6-2)14-10-8-7-9-13(14)11-17/h13-14H,5-12,17H2,1-4H3,(H,18,20). The van der Waals surface area contributed by atoms with Gasteiger partial charge in [0.05, 0.1) is 6.54 Å². The Balaban J connectivity index is 2.59. The van der Waals surface area contributed by atoms with Crippen LogP contribution in [0.5, 0.6) is 0 Å². The number of nitrogens with one attached hydrogen (secondary N) is 1. The summed E-state index contributed by atoms with van der Waals surface area (Å²) in [5.74, 6) is 0.690. The Morgan fingerprint density at radius 1 is 1.30 bits per heavy atom. The highest BCUT2D eigenvalue weighted by molar-refractivity contribution is 5.78. The van der Waals surface area contributed by atoms with E-state index in [4.69, 9.17) is 5.73 Å². The van der Waals surface area contributed by atoms with E-state index in [9.17, 15) is 4.79 Å². The Morgan fingerprint density at radius 2 is 1.95 bits per heavy atom. The molecule has 1 aliphatic rings. The van der Waals surface area contributed by atoms with E-state index in [1.165, 1.54) is 25.7 Å². The molecule has 2 unspecified atom stereocenters. The van der Waals surface area contributed by atoms with Crippen LogP contribution in [0, 0.1) is 5.92 Å². The van der Waals surface area contributed by atoms with Crippen molar-refractivity contribution in [2.24, 2.45) is 11.7 Å². The molecule has 0 aromatic heterocycles. The van der Waals surface area contributed by atoms with Crippen LogP contribution in [-0.4, -0.2) is 42.0 Å². The van der Waals surface area contributed by atoms with Crippen molar-refractivity contribution in [2.45, 2.75) is 71.4 Å². The number of nitrogens with two attached hydrogens (primary N) is 1. The quantitative estimate of drug-likeness (QED) is 0.752. The number of likely N-dealkylation sites (N-methyl/N-ethyl adjacent to an activating group) is 1. The van der Waals surface area contributed by atoms with Crippen LogP contribution in [0.1, 0.15) is 59.8 Å². The third-order valence-corrected chi connectivity index (χ3v) is 4.76. The fourth-order valence-electron chi connectivity index (χ4n) is 3.10. The molecule has 0 saturated heterocycles. The van der Waals surface area contributed by atoms with Crippen molar-refractivity contribution < 1.29 is 4.79 Å². The minimum absolute atomic E-state index is 0.115. The Bertz CT molecular complexity index is 304. The second-order valence-corrected chi connectivity index (χ2v) is 6.70.